The molecule has 1 aromatic carbocycles. The Morgan fingerprint density at radius 3 is 2.64 bits per heavy atom. The molecule has 0 aromatic heterocycles. The summed E-state index contributed by atoms with van der Waals surface area (Å²) in [4.78, 5) is 4.20. The summed E-state index contributed by atoms with van der Waals surface area (Å²) >= 11 is 8.42. The quantitative estimate of drug-likeness (QED) is 0.0924. The van der Waals surface area contributed by atoms with Gasteiger partial charge in [-0.05, 0) is 57.3 Å². The first-order chi connectivity index (χ1) is 18.6. The SMILES string of the molecule is C=C/C(OC)=C(\C=C/CN1CCC(N(C)I)CC1)N/C(N)=C/C1=C(N)NCCN1Cc1c(F)ccc(F)c1Cl. The molecule has 0 bridgehead atoms. The Morgan fingerprint density at radius 2 is 2.00 bits per heavy atom. The van der Waals surface area contributed by atoms with E-state index in [4.69, 9.17) is 27.8 Å². The third kappa shape index (κ3) is 8.50. The van der Waals surface area contributed by atoms with Gasteiger partial charge >= 0.3 is 0 Å². The molecule has 0 radical (unpaired) electrons. The number of hydrogen-bond donors (Lipinski definition) is 4. The molecule has 0 amide bonds. The summed E-state index contributed by atoms with van der Waals surface area (Å²) in [6.45, 7) is 7.70. The van der Waals surface area contributed by atoms with Crippen LogP contribution in [0.3, 0.4) is 0 Å². The van der Waals surface area contributed by atoms with Crippen molar-refractivity contribution in [1.29, 1.82) is 0 Å². The van der Waals surface area contributed by atoms with E-state index >= 15 is 0 Å². The standard InChI is InChI=1S/C27H37ClF2IN7O/c1-4-24(39-3)22(6-5-12-37-13-9-18(10-14-37)36(2)31)35-25(32)16-23-27(33)34-11-15-38(23)17-19-20(29)7-8-21(30)26(19)28/h4-8,16,18,34-35H,1,9-15,17,32-33H2,2-3H3/b6-5-,24-22-,25-16+. The van der Waals surface area contributed by atoms with Gasteiger partial charge in [-0.15, -0.1) is 0 Å². The van der Waals surface area contributed by atoms with Gasteiger partial charge < -0.3 is 31.7 Å². The number of nitrogens with zero attached hydrogens (tertiary/aromatic N) is 3. The lowest BCUT2D eigenvalue weighted by molar-refractivity contribution is 0.196. The number of hydrogen-bond acceptors (Lipinski definition) is 8. The fourth-order valence-corrected chi connectivity index (χ4v) is 5.32. The molecule has 2 aliphatic rings. The number of ether oxygens (including phenoxy) is 1. The molecule has 6 N–H and O–H groups in total. The van der Waals surface area contributed by atoms with E-state index in [0.717, 1.165) is 44.6 Å². The third-order valence-corrected chi connectivity index (χ3v) is 7.95. The van der Waals surface area contributed by atoms with Gasteiger partial charge in [0.1, 0.15) is 29.0 Å². The van der Waals surface area contributed by atoms with E-state index in [-0.39, 0.29) is 23.0 Å². The summed E-state index contributed by atoms with van der Waals surface area (Å²) in [7, 11) is 3.67. The third-order valence-electron chi connectivity index (χ3n) is 6.75. The monoisotopic (exact) mass is 675 g/mol. The molecule has 39 heavy (non-hydrogen) atoms. The molecular formula is C27H37ClF2IN7O. The molecule has 2 aliphatic heterocycles. The topological polar surface area (TPSA) is 95.0 Å². The largest absolute Gasteiger partial charge is 0.495 e. The van der Waals surface area contributed by atoms with Gasteiger partial charge in [0.15, 0.2) is 0 Å². The van der Waals surface area contributed by atoms with E-state index in [0.29, 0.717) is 42.1 Å². The summed E-state index contributed by atoms with van der Waals surface area (Å²) < 4.78 is 36.2. The maximum absolute atomic E-state index is 14.5. The first-order valence-electron chi connectivity index (χ1n) is 12.7. The molecule has 12 heteroatoms. The number of nitrogens with one attached hydrogen (secondary N) is 2. The number of halogens is 4. The highest BCUT2D eigenvalue weighted by molar-refractivity contribution is 14.1. The van der Waals surface area contributed by atoms with Gasteiger partial charge in [0.05, 0.1) is 23.5 Å². The van der Waals surface area contributed by atoms with Crippen molar-refractivity contribution in [2.24, 2.45) is 11.5 Å². The second-order valence-electron chi connectivity index (χ2n) is 9.34. The number of allylic oxidation sites excluding steroid dienone is 3. The van der Waals surface area contributed by atoms with Gasteiger partial charge in [-0.2, -0.15) is 0 Å². The van der Waals surface area contributed by atoms with Crippen LogP contribution in [0, 0.1) is 11.6 Å². The van der Waals surface area contributed by atoms with Crippen LogP contribution in [0.4, 0.5) is 8.78 Å². The van der Waals surface area contributed by atoms with Gasteiger partial charge in [0, 0.05) is 66.7 Å². The highest BCUT2D eigenvalue weighted by Crippen LogP contribution is 2.27. The molecule has 3 rings (SSSR count). The molecule has 2 heterocycles. The maximum Gasteiger partial charge on any atom is 0.142 e. The van der Waals surface area contributed by atoms with Crippen LogP contribution in [-0.4, -0.2) is 65.8 Å². The van der Waals surface area contributed by atoms with E-state index in [1.165, 1.54) is 0 Å². The molecule has 1 fully saturated rings. The van der Waals surface area contributed by atoms with Crippen LogP contribution in [0.5, 0.6) is 0 Å². The predicted molar refractivity (Wildman–Crippen MR) is 161 cm³/mol. The number of nitrogens with two attached hydrogens (primary N) is 2. The minimum absolute atomic E-state index is 0.0204. The lowest BCUT2D eigenvalue weighted by Gasteiger charge is -2.33. The average molecular weight is 676 g/mol. The Bertz CT molecular complexity index is 1150. The van der Waals surface area contributed by atoms with Crippen LogP contribution >= 0.6 is 34.5 Å². The summed E-state index contributed by atoms with van der Waals surface area (Å²) in [5, 5.41) is 6.00. The number of methoxy groups -OCH3 is 1. The van der Waals surface area contributed by atoms with Crippen molar-refractivity contribution < 1.29 is 13.5 Å². The second kappa shape index (κ2) is 14.8. The van der Waals surface area contributed by atoms with Gasteiger partial charge in [-0.1, -0.05) is 24.3 Å². The average Bonchev–Trinajstić information content (AvgIpc) is 2.91. The molecule has 0 atom stereocenters. The molecular weight excluding hydrogens is 639 g/mol. The zero-order chi connectivity index (χ0) is 28.5. The molecule has 1 saturated heterocycles. The summed E-state index contributed by atoms with van der Waals surface area (Å²) in [6.07, 6.45) is 9.47. The van der Waals surface area contributed by atoms with Crippen molar-refractivity contribution in [3.63, 3.8) is 0 Å². The number of benzene rings is 1. The fourth-order valence-electron chi connectivity index (χ4n) is 4.55. The summed E-state index contributed by atoms with van der Waals surface area (Å²) in [5.41, 5.74) is 13.8. The van der Waals surface area contributed by atoms with Crippen LogP contribution in [0.2, 0.25) is 5.02 Å². The van der Waals surface area contributed by atoms with E-state index in [2.05, 4.69) is 61.2 Å². The molecule has 214 valence electrons. The smallest absolute Gasteiger partial charge is 0.142 e. The summed E-state index contributed by atoms with van der Waals surface area (Å²) in [5.74, 6) is -0.129. The number of rotatable bonds is 11. The molecule has 0 aliphatic carbocycles. The molecule has 0 saturated carbocycles. The van der Waals surface area contributed by atoms with Crippen LogP contribution in [0.15, 0.2) is 71.8 Å². The van der Waals surface area contributed by atoms with Gasteiger partial charge in [0.25, 0.3) is 0 Å². The predicted octanol–water partition coefficient (Wildman–Crippen LogP) is 3.89. The van der Waals surface area contributed by atoms with Gasteiger partial charge in [-0.3, -0.25) is 4.90 Å². The summed E-state index contributed by atoms with van der Waals surface area (Å²) in [6, 6.07) is 2.68. The number of likely N-dealkylation sites (tertiary alicyclic amines) is 1. The normalized spacial score (nSPS) is 18.4. The Kier molecular flexibility index (Phi) is 11.8. The minimum atomic E-state index is -0.682. The minimum Gasteiger partial charge on any atom is -0.495 e. The van der Waals surface area contributed by atoms with Crippen molar-refractivity contribution in [2.45, 2.75) is 25.4 Å². The van der Waals surface area contributed by atoms with E-state index in [1.807, 2.05) is 6.08 Å². The van der Waals surface area contributed by atoms with E-state index in [1.54, 1.807) is 24.2 Å². The Hall–Kier alpha value is -2.48. The first kappa shape index (κ1) is 31.1. The molecule has 0 spiro atoms. The van der Waals surface area contributed by atoms with Gasteiger partial charge in [0.2, 0.25) is 0 Å². The Labute approximate surface area is 248 Å². The highest BCUT2D eigenvalue weighted by atomic mass is 127. The molecule has 8 nitrogen and oxygen atoms in total. The highest BCUT2D eigenvalue weighted by Gasteiger charge is 2.22. The van der Waals surface area contributed by atoms with Crippen molar-refractivity contribution in [2.75, 3.05) is 46.9 Å². The first-order valence-corrected chi connectivity index (χ1v) is 14.0. The Balaban J connectivity index is 1.75. The van der Waals surface area contributed by atoms with Crippen molar-refractivity contribution in [3.8, 4) is 0 Å². The van der Waals surface area contributed by atoms with Crippen molar-refractivity contribution in [3.05, 3.63) is 94.0 Å². The molecule has 0 unspecified atom stereocenters. The maximum atomic E-state index is 14.5. The zero-order valence-corrected chi connectivity index (χ0v) is 25.2. The van der Waals surface area contributed by atoms with Crippen LogP contribution in [-0.2, 0) is 11.3 Å². The van der Waals surface area contributed by atoms with Crippen molar-refractivity contribution in [1.82, 2.24) is 23.5 Å². The lowest BCUT2D eigenvalue weighted by Crippen LogP contribution is -2.41. The van der Waals surface area contributed by atoms with Crippen LogP contribution in [0.25, 0.3) is 0 Å². The van der Waals surface area contributed by atoms with E-state index < -0.39 is 11.6 Å². The van der Waals surface area contributed by atoms with E-state index in [9.17, 15) is 8.78 Å². The number of piperidine rings is 1. The van der Waals surface area contributed by atoms with Crippen LogP contribution in [0.1, 0.15) is 18.4 Å². The Morgan fingerprint density at radius 1 is 1.31 bits per heavy atom. The zero-order valence-electron chi connectivity index (χ0n) is 22.3. The lowest BCUT2D eigenvalue weighted by atomic mass is 10.1. The van der Waals surface area contributed by atoms with Crippen LogP contribution < -0.4 is 22.1 Å². The van der Waals surface area contributed by atoms with Crippen molar-refractivity contribution >= 4 is 34.5 Å². The second-order valence-corrected chi connectivity index (χ2v) is 11.2. The fraction of sp³-hybridized carbons (Fsp3) is 0.407. The van der Waals surface area contributed by atoms with Gasteiger partial charge in [-0.25, -0.2) is 11.9 Å². The molecule has 1 aromatic rings.